The third-order valence-corrected chi connectivity index (χ3v) is 3.66. The van der Waals surface area contributed by atoms with Crippen LogP contribution in [0.25, 0.3) is 5.69 Å². The van der Waals surface area contributed by atoms with Crippen LogP contribution in [-0.4, -0.2) is 15.0 Å². The number of nitrogens with zero attached hydrogens (tertiary/aromatic N) is 3. The number of benzene rings is 1. The summed E-state index contributed by atoms with van der Waals surface area (Å²) in [5.41, 5.74) is 7.56. The van der Waals surface area contributed by atoms with Gasteiger partial charge in [-0.05, 0) is 40.0 Å². The van der Waals surface area contributed by atoms with Gasteiger partial charge in [0.05, 0.1) is 16.4 Å². The Morgan fingerprint density at radius 3 is 2.71 bits per heavy atom. The van der Waals surface area contributed by atoms with E-state index in [1.807, 2.05) is 32.0 Å². The van der Waals surface area contributed by atoms with Crippen LogP contribution in [0.1, 0.15) is 25.5 Å². The molecule has 2 N–H and O–H groups in total. The van der Waals surface area contributed by atoms with E-state index in [1.165, 1.54) is 0 Å². The molecule has 17 heavy (non-hydrogen) atoms. The van der Waals surface area contributed by atoms with Gasteiger partial charge < -0.3 is 5.73 Å². The lowest BCUT2D eigenvalue weighted by molar-refractivity contribution is 0.716. The summed E-state index contributed by atoms with van der Waals surface area (Å²) in [6.07, 6.45) is 0. The molecule has 0 atom stereocenters. The Hall–Kier alpha value is -1.07. The number of nitrogen functional groups attached to an aromatic ring is 1. The molecule has 0 bridgehead atoms. The molecule has 1 aromatic carbocycles. The maximum atomic E-state index is 6.06. The van der Waals surface area contributed by atoms with Gasteiger partial charge >= 0.3 is 0 Å². The van der Waals surface area contributed by atoms with Crippen molar-refractivity contribution in [1.82, 2.24) is 15.0 Å². The highest BCUT2D eigenvalue weighted by Crippen LogP contribution is 2.27. The maximum absolute atomic E-state index is 6.06. The second kappa shape index (κ2) is 4.66. The highest BCUT2D eigenvalue weighted by atomic mass is 79.9. The van der Waals surface area contributed by atoms with Gasteiger partial charge in [0.25, 0.3) is 0 Å². The third-order valence-electron chi connectivity index (χ3n) is 2.43. The number of hydrogen-bond donors (Lipinski definition) is 1. The van der Waals surface area contributed by atoms with Crippen molar-refractivity contribution in [3.05, 3.63) is 33.4 Å². The van der Waals surface area contributed by atoms with Crippen LogP contribution in [-0.2, 0) is 0 Å². The van der Waals surface area contributed by atoms with Gasteiger partial charge in [-0.1, -0.05) is 30.7 Å². The molecule has 0 aliphatic heterocycles. The Bertz CT molecular complexity index is 550. The van der Waals surface area contributed by atoms with Crippen LogP contribution in [0, 0.1) is 0 Å². The minimum atomic E-state index is 0.243. The largest absolute Gasteiger partial charge is 0.381 e. The second-order valence-electron chi connectivity index (χ2n) is 4.02. The topological polar surface area (TPSA) is 56.7 Å². The molecule has 0 spiro atoms. The molecule has 2 rings (SSSR count). The lowest BCUT2D eigenvalue weighted by Gasteiger charge is -2.10. The Kier molecular flexibility index (Phi) is 3.40. The van der Waals surface area contributed by atoms with E-state index in [9.17, 15) is 0 Å². The number of anilines is 1. The van der Waals surface area contributed by atoms with Crippen LogP contribution in [0.4, 0.5) is 5.82 Å². The van der Waals surface area contributed by atoms with Crippen molar-refractivity contribution in [3.63, 3.8) is 0 Å². The summed E-state index contributed by atoms with van der Waals surface area (Å²) in [7, 11) is 0. The molecular weight excluding hydrogens is 304 g/mol. The zero-order valence-corrected chi connectivity index (χ0v) is 11.8. The third kappa shape index (κ3) is 2.30. The lowest BCUT2D eigenvalue weighted by atomic mass is 10.1. The van der Waals surface area contributed by atoms with Crippen LogP contribution in [0.2, 0.25) is 5.02 Å². The zero-order chi connectivity index (χ0) is 12.6. The molecule has 1 heterocycles. The summed E-state index contributed by atoms with van der Waals surface area (Å²) in [6.45, 7) is 4.10. The minimum Gasteiger partial charge on any atom is -0.381 e. The highest BCUT2D eigenvalue weighted by molar-refractivity contribution is 9.10. The predicted molar refractivity (Wildman–Crippen MR) is 72.6 cm³/mol. The fourth-order valence-electron chi connectivity index (χ4n) is 1.65. The average Bonchev–Trinajstić information content (AvgIpc) is 2.64. The molecule has 0 aliphatic carbocycles. The molecule has 90 valence electrons. The van der Waals surface area contributed by atoms with Crippen LogP contribution >= 0.6 is 27.5 Å². The Morgan fingerprint density at radius 1 is 1.41 bits per heavy atom. The van der Waals surface area contributed by atoms with Gasteiger partial charge in [0, 0.05) is 4.47 Å². The Morgan fingerprint density at radius 2 is 2.12 bits per heavy atom. The number of halogens is 2. The van der Waals surface area contributed by atoms with Crippen molar-refractivity contribution in [2.24, 2.45) is 0 Å². The van der Waals surface area contributed by atoms with E-state index < -0.39 is 0 Å². The SMILES string of the molecule is CC(C)c1c(N)nnn1-c1ccc(Br)c(Cl)c1. The average molecular weight is 316 g/mol. The summed E-state index contributed by atoms with van der Waals surface area (Å²) < 4.78 is 2.57. The molecule has 0 saturated heterocycles. The van der Waals surface area contributed by atoms with E-state index in [4.69, 9.17) is 17.3 Å². The van der Waals surface area contributed by atoms with Crippen molar-refractivity contribution in [2.75, 3.05) is 5.73 Å². The number of rotatable bonds is 2. The lowest BCUT2D eigenvalue weighted by Crippen LogP contribution is -2.05. The molecule has 6 heteroatoms. The van der Waals surface area contributed by atoms with Gasteiger partial charge in [0.2, 0.25) is 0 Å². The molecule has 0 radical (unpaired) electrons. The molecule has 0 fully saturated rings. The summed E-state index contributed by atoms with van der Waals surface area (Å²) in [6, 6.07) is 5.61. The number of aromatic nitrogens is 3. The second-order valence-corrected chi connectivity index (χ2v) is 5.29. The first kappa shape index (κ1) is 12.4. The molecule has 0 unspecified atom stereocenters. The van der Waals surface area contributed by atoms with Crippen molar-refractivity contribution in [2.45, 2.75) is 19.8 Å². The minimum absolute atomic E-state index is 0.243. The van der Waals surface area contributed by atoms with Crippen LogP contribution in [0.5, 0.6) is 0 Å². The van der Waals surface area contributed by atoms with Crippen molar-refractivity contribution >= 4 is 33.3 Å². The fraction of sp³-hybridized carbons (Fsp3) is 0.273. The molecule has 1 aromatic heterocycles. The van der Waals surface area contributed by atoms with E-state index in [0.29, 0.717) is 10.8 Å². The van der Waals surface area contributed by atoms with Crippen LogP contribution in [0.3, 0.4) is 0 Å². The van der Waals surface area contributed by atoms with Gasteiger partial charge in [-0.2, -0.15) is 0 Å². The van der Waals surface area contributed by atoms with Crippen molar-refractivity contribution in [1.29, 1.82) is 0 Å². The van der Waals surface area contributed by atoms with E-state index >= 15 is 0 Å². The van der Waals surface area contributed by atoms with Gasteiger partial charge in [0.15, 0.2) is 5.82 Å². The van der Waals surface area contributed by atoms with Gasteiger partial charge in [-0.25, -0.2) is 4.68 Å². The van der Waals surface area contributed by atoms with Crippen LogP contribution in [0.15, 0.2) is 22.7 Å². The summed E-state index contributed by atoms with van der Waals surface area (Å²) in [5.74, 6) is 0.700. The molecule has 2 aromatic rings. The zero-order valence-electron chi connectivity index (χ0n) is 9.48. The number of hydrogen-bond acceptors (Lipinski definition) is 3. The van der Waals surface area contributed by atoms with Gasteiger partial charge in [0.1, 0.15) is 0 Å². The van der Waals surface area contributed by atoms with Crippen LogP contribution < -0.4 is 5.73 Å². The molecule has 0 amide bonds. The molecule has 0 aliphatic rings. The first-order valence-corrected chi connectivity index (χ1v) is 6.34. The first-order valence-electron chi connectivity index (χ1n) is 5.17. The van der Waals surface area contributed by atoms with E-state index in [-0.39, 0.29) is 5.92 Å². The monoisotopic (exact) mass is 314 g/mol. The highest BCUT2D eigenvalue weighted by Gasteiger charge is 2.15. The summed E-state index contributed by atoms with van der Waals surface area (Å²) >= 11 is 9.42. The van der Waals surface area contributed by atoms with Gasteiger partial charge in [-0.15, -0.1) is 5.10 Å². The normalized spacial score (nSPS) is 11.1. The standard InChI is InChI=1S/C11H12BrClN4/c1-6(2)10-11(14)15-16-17(10)7-3-4-8(12)9(13)5-7/h3-6H,14H2,1-2H3. The van der Waals surface area contributed by atoms with E-state index in [2.05, 4.69) is 26.2 Å². The predicted octanol–water partition coefficient (Wildman–Crippen LogP) is 3.39. The van der Waals surface area contributed by atoms with Crippen molar-refractivity contribution < 1.29 is 0 Å². The van der Waals surface area contributed by atoms with E-state index in [0.717, 1.165) is 15.9 Å². The quantitative estimate of drug-likeness (QED) is 0.924. The smallest absolute Gasteiger partial charge is 0.169 e. The first-order chi connectivity index (χ1) is 8.00. The van der Waals surface area contributed by atoms with E-state index in [1.54, 1.807) is 4.68 Å². The molecular formula is C11H12BrClN4. The maximum Gasteiger partial charge on any atom is 0.169 e. The Labute approximate surface area is 113 Å². The fourth-order valence-corrected chi connectivity index (χ4v) is 2.07. The van der Waals surface area contributed by atoms with Gasteiger partial charge in [-0.3, -0.25) is 0 Å². The molecule has 4 nitrogen and oxygen atoms in total. The summed E-state index contributed by atoms with van der Waals surface area (Å²) in [4.78, 5) is 0. The number of nitrogens with two attached hydrogens (primary N) is 1. The van der Waals surface area contributed by atoms with Crippen molar-refractivity contribution in [3.8, 4) is 5.69 Å². The Balaban J connectivity index is 2.56. The summed E-state index contributed by atoms with van der Waals surface area (Å²) in [5, 5.41) is 8.58. The molecule has 0 saturated carbocycles.